The highest BCUT2D eigenvalue weighted by atomic mass is 19.1. The van der Waals surface area contributed by atoms with E-state index in [0.717, 1.165) is 18.2 Å². The lowest BCUT2D eigenvalue weighted by atomic mass is 9.82. The zero-order chi connectivity index (χ0) is 30.4. The Morgan fingerprint density at radius 1 is 1.12 bits per heavy atom. The Kier molecular flexibility index (Phi) is 7.69. The van der Waals surface area contributed by atoms with Crippen molar-refractivity contribution < 1.29 is 37.7 Å². The summed E-state index contributed by atoms with van der Waals surface area (Å²) in [6.07, 6.45) is -1.13. The van der Waals surface area contributed by atoms with Gasteiger partial charge in [0.15, 0.2) is 0 Å². The second kappa shape index (κ2) is 11.0. The van der Waals surface area contributed by atoms with Gasteiger partial charge < -0.3 is 25.0 Å². The van der Waals surface area contributed by atoms with E-state index in [-0.39, 0.29) is 41.8 Å². The van der Waals surface area contributed by atoms with Crippen molar-refractivity contribution >= 4 is 16.8 Å². The van der Waals surface area contributed by atoms with Crippen LogP contribution in [-0.2, 0) is 15.9 Å². The Hall–Kier alpha value is -4.06. The van der Waals surface area contributed by atoms with E-state index in [4.69, 9.17) is 9.47 Å². The predicted octanol–water partition coefficient (Wildman–Crippen LogP) is 4.67. The molecule has 0 spiro atoms. The summed E-state index contributed by atoms with van der Waals surface area (Å²) in [5, 5.41) is 32.8. The summed E-state index contributed by atoms with van der Waals surface area (Å²) in [5.74, 6) is -2.84. The largest absolute Gasteiger partial charge is 0.494 e. The number of aromatic nitrogens is 2. The van der Waals surface area contributed by atoms with Crippen LogP contribution in [0.1, 0.15) is 47.4 Å². The number of amides is 1. The third kappa shape index (κ3) is 5.42. The van der Waals surface area contributed by atoms with Gasteiger partial charge in [0, 0.05) is 28.5 Å². The quantitative estimate of drug-likeness (QED) is 0.291. The van der Waals surface area contributed by atoms with Crippen molar-refractivity contribution in [2.24, 2.45) is 0 Å². The highest BCUT2D eigenvalue weighted by molar-refractivity contribution is 5.99. The number of benzene rings is 3. The summed E-state index contributed by atoms with van der Waals surface area (Å²) in [5.41, 5.74) is -2.88. The van der Waals surface area contributed by atoms with Gasteiger partial charge in [-0.2, -0.15) is 5.10 Å². The monoisotopic (exact) mass is 581 g/mol. The van der Waals surface area contributed by atoms with Crippen LogP contribution in [0.3, 0.4) is 0 Å². The summed E-state index contributed by atoms with van der Waals surface area (Å²) in [7, 11) is 1.44. The molecule has 1 aromatic heterocycles. The maximum Gasteiger partial charge on any atom is 0.251 e. The second-order valence-corrected chi connectivity index (χ2v) is 11.0. The van der Waals surface area contributed by atoms with Gasteiger partial charge in [-0.3, -0.25) is 4.79 Å². The number of rotatable bonds is 7. The van der Waals surface area contributed by atoms with Gasteiger partial charge >= 0.3 is 0 Å². The van der Waals surface area contributed by atoms with Crippen LogP contribution in [0.4, 0.5) is 13.2 Å². The summed E-state index contributed by atoms with van der Waals surface area (Å²) in [6.45, 7) is 3.99. The van der Waals surface area contributed by atoms with Crippen LogP contribution in [0.15, 0.2) is 48.5 Å². The number of nitrogens with one attached hydrogen (secondary N) is 1. The SMILES string of the molecule is COc1cc(C(=O)NC[C@@]2(c3cc(C(C)(C)O)c(F)c(-c4ccc(F)cc4)c3F)C[C@H](O)CO2)cc2cc(C)nnc12. The van der Waals surface area contributed by atoms with E-state index in [9.17, 15) is 19.4 Å². The normalized spacial score (nSPS) is 18.8. The topological polar surface area (TPSA) is 114 Å². The summed E-state index contributed by atoms with van der Waals surface area (Å²) in [6, 6.07) is 10.6. The molecule has 0 bridgehead atoms. The molecule has 11 heteroatoms. The van der Waals surface area contributed by atoms with E-state index >= 15 is 8.78 Å². The third-order valence-corrected chi connectivity index (χ3v) is 7.39. The standard InChI is InChI=1S/C31H30F3N3O5/c1-16-9-18-10-19(11-24(41-4)28(18)37-36-16)29(39)35-15-31(13-21(38)14-42-31)23-12-22(30(2,3)40)26(33)25(27(23)34)17-5-7-20(32)8-6-17/h5-12,21,38,40H,13-15H2,1-4H3,(H,35,39)/t21-,31+/m0/s1. The van der Waals surface area contributed by atoms with E-state index in [1.807, 2.05) is 0 Å². The summed E-state index contributed by atoms with van der Waals surface area (Å²) < 4.78 is 57.1. The number of aryl methyl sites for hydroxylation is 1. The van der Waals surface area contributed by atoms with Gasteiger partial charge in [0.25, 0.3) is 5.91 Å². The Morgan fingerprint density at radius 2 is 1.83 bits per heavy atom. The van der Waals surface area contributed by atoms with Gasteiger partial charge in [-0.1, -0.05) is 12.1 Å². The van der Waals surface area contributed by atoms with Crippen LogP contribution in [0.2, 0.25) is 0 Å². The highest BCUT2D eigenvalue weighted by Gasteiger charge is 2.45. The number of hydrogen-bond acceptors (Lipinski definition) is 7. The van der Waals surface area contributed by atoms with Crippen molar-refractivity contribution in [3.05, 3.63) is 88.4 Å². The number of carbonyl (C=O) groups is 1. The minimum absolute atomic E-state index is 0.0399. The molecule has 5 rings (SSSR count). The van der Waals surface area contributed by atoms with Gasteiger partial charge in [0.2, 0.25) is 0 Å². The molecule has 2 heterocycles. The molecule has 220 valence electrons. The van der Waals surface area contributed by atoms with Crippen molar-refractivity contribution in [2.45, 2.75) is 44.5 Å². The molecule has 1 amide bonds. The first-order chi connectivity index (χ1) is 19.8. The fourth-order valence-corrected chi connectivity index (χ4v) is 5.28. The number of aliphatic hydroxyl groups excluding tert-OH is 1. The molecule has 3 N–H and O–H groups in total. The van der Waals surface area contributed by atoms with Crippen LogP contribution in [-0.4, -0.2) is 52.7 Å². The molecule has 3 aromatic carbocycles. The zero-order valence-corrected chi connectivity index (χ0v) is 23.5. The van der Waals surface area contributed by atoms with Gasteiger partial charge in [-0.15, -0.1) is 5.10 Å². The van der Waals surface area contributed by atoms with Crippen LogP contribution in [0, 0.1) is 24.4 Å². The maximum absolute atomic E-state index is 16.4. The van der Waals surface area contributed by atoms with Gasteiger partial charge in [0.05, 0.1) is 43.2 Å². The van der Waals surface area contributed by atoms with E-state index in [0.29, 0.717) is 22.3 Å². The molecule has 0 unspecified atom stereocenters. The van der Waals surface area contributed by atoms with Crippen molar-refractivity contribution in [3.8, 4) is 16.9 Å². The molecular weight excluding hydrogens is 551 g/mol. The molecule has 0 aliphatic carbocycles. The fraction of sp³-hybridized carbons (Fsp3) is 0.323. The molecular formula is C31H30F3N3O5. The van der Waals surface area contributed by atoms with Crippen molar-refractivity contribution in [1.29, 1.82) is 0 Å². The first kappa shape index (κ1) is 29.4. The highest BCUT2D eigenvalue weighted by Crippen LogP contribution is 2.43. The number of fused-ring (bicyclic) bond motifs is 1. The number of hydrogen-bond donors (Lipinski definition) is 3. The van der Waals surface area contributed by atoms with Gasteiger partial charge in [-0.05, 0) is 62.7 Å². The van der Waals surface area contributed by atoms with E-state index in [1.54, 1.807) is 19.1 Å². The molecule has 1 aliphatic rings. The third-order valence-electron chi connectivity index (χ3n) is 7.39. The lowest BCUT2D eigenvalue weighted by molar-refractivity contribution is -0.00460. The van der Waals surface area contributed by atoms with E-state index < -0.39 is 46.2 Å². The fourth-order valence-electron chi connectivity index (χ4n) is 5.28. The van der Waals surface area contributed by atoms with Gasteiger partial charge in [-0.25, -0.2) is 13.2 Å². The lowest BCUT2D eigenvalue weighted by Crippen LogP contribution is -2.42. The minimum atomic E-state index is -1.74. The number of methoxy groups -OCH3 is 1. The Balaban J connectivity index is 1.58. The predicted molar refractivity (Wildman–Crippen MR) is 148 cm³/mol. The van der Waals surface area contributed by atoms with Crippen LogP contribution < -0.4 is 10.1 Å². The molecule has 0 radical (unpaired) electrons. The van der Waals surface area contributed by atoms with E-state index in [2.05, 4.69) is 15.5 Å². The Morgan fingerprint density at radius 3 is 2.45 bits per heavy atom. The summed E-state index contributed by atoms with van der Waals surface area (Å²) >= 11 is 0. The van der Waals surface area contributed by atoms with Crippen molar-refractivity contribution in [1.82, 2.24) is 15.5 Å². The molecule has 4 aromatic rings. The smallest absolute Gasteiger partial charge is 0.251 e. The molecule has 1 aliphatic heterocycles. The first-order valence-corrected chi connectivity index (χ1v) is 13.3. The van der Waals surface area contributed by atoms with E-state index in [1.165, 1.54) is 39.2 Å². The Labute approximate surface area is 240 Å². The number of nitrogens with zero attached hydrogens (tertiary/aromatic N) is 2. The average Bonchev–Trinajstić information content (AvgIpc) is 3.32. The van der Waals surface area contributed by atoms with Crippen LogP contribution in [0.5, 0.6) is 5.75 Å². The lowest BCUT2D eigenvalue weighted by Gasteiger charge is -2.32. The van der Waals surface area contributed by atoms with Crippen LogP contribution in [0.25, 0.3) is 22.0 Å². The number of halogens is 3. The Bertz CT molecular complexity index is 1670. The number of carbonyl (C=O) groups excluding carboxylic acids is 1. The molecule has 1 saturated heterocycles. The van der Waals surface area contributed by atoms with Gasteiger partial charge in [0.1, 0.15) is 34.3 Å². The van der Waals surface area contributed by atoms with Crippen molar-refractivity contribution in [3.63, 3.8) is 0 Å². The molecule has 2 atom stereocenters. The molecule has 0 saturated carbocycles. The average molecular weight is 582 g/mol. The van der Waals surface area contributed by atoms with Crippen molar-refractivity contribution in [2.75, 3.05) is 20.3 Å². The first-order valence-electron chi connectivity index (χ1n) is 13.3. The zero-order valence-electron chi connectivity index (χ0n) is 23.5. The minimum Gasteiger partial charge on any atom is -0.494 e. The maximum atomic E-state index is 16.4. The second-order valence-electron chi connectivity index (χ2n) is 11.0. The number of ether oxygens (including phenoxy) is 2. The number of aliphatic hydroxyl groups is 2. The van der Waals surface area contributed by atoms with Crippen LogP contribution >= 0.6 is 0 Å². The molecule has 42 heavy (non-hydrogen) atoms. The molecule has 1 fully saturated rings. The molecule has 8 nitrogen and oxygen atoms in total. The summed E-state index contributed by atoms with van der Waals surface area (Å²) in [4.78, 5) is 13.4.